The van der Waals surface area contributed by atoms with Gasteiger partial charge in [0.15, 0.2) is 0 Å². The smallest absolute Gasteiger partial charge is 0.248 e. The van der Waals surface area contributed by atoms with E-state index in [1.54, 1.807) is 7.11 Å². The Kier molecular flexibility index (Phi) is 5.80. The number of para-hydroxylation sites is 1. The first-order chi connectivity index (χ1) is 13.1. The molecular weight excluding hydrogens is 342 g/mol. The molecular formula is C20H23N5O2. The number of ether oxygens (including phenoxy) is 1. The van der Waals surface area contributed by atoms with Crippen molar-refractivity contribution in [3.8, 4) is 17.1 Å². The van der Waals surface area contributed by atoms with Crippen molar-refractivity contribution in [2.24, 2.45) is 0 Å². The van der Waals surface area contributed by atoms with Gasteiger partial charge in [0, 0.05) is 11.3 Å². The van der Waals surface area contributed by atoms with E-state index in [4.69, 9.17) is 4.74 Å². The van der Waals surface area contributed by atoms with Crippen molar-refractivity contribution in [3.05, 3.63) is 54.1 Å². The lowest BCUT2D eigenvalue weighted by molar-refractivity contribution is -0.117. The number of nitrogens with one attached hydrogen (secondary N) is 1. The third-order valence-corrected chi connectivity index (χ3v) is 4.44. The number of benzene rings is 2. The quantitative estimate of drug-likeness (QED) is 0.693. The molecule has 0 saturated heterocycles. The Bertz CT molecular complexity index is 922. The topological polar surface area (TPSA) is 81.9 Å². The molecule has 0 aliphatic heterocycles. The molecule has 1 amide bonds. The number of rotatable bonds is 7. The van der Waals surface area contributed by atoms with Gasteiger partial charge in [-0.3, -0.25) is 4.79 Å². The lowest BCUT2D eigenvalue weighted by Gasteiger charge is -2.15. The minimum Gasteiger partial charge on any atom is -0.497 e. The highest BCUT2D eigenvalue weighted by Crippen LogP contribution is 2.26. The van der Waals surface area contributed by atoms with Crippen molar-refractivity contribution >= 4 is 11.6 Å². The van der Waals surface area contributed by atoms with Gasteiger partial charge in [-0.15, -0.1) is 10.2 Å². The highest BCUT2D eigenvalue weighted by atomic mass is 16.5. The molecule has 140 valence electrons. The fraction of sp³-hybridized carbons (Fsp3) is 0.300. The summed E-state index contributed by atoms with van der Waals surface area (Å²) in [4.78, 5) is 13.7. The fourth-order valence-corrected chi connectivity index (χ4v) is 2.77. The Balaban J connectivity index is 1.70. The lowest BCUT2D eigenvalue weighted by Crippen LogP contribution is -2.21. The number of hydrogen-bond acceptors (Lipinski definition) is 5. The highest BCUT2D eigenvalue weighted by molar-refractivity contribution is 5.91. The van der Waals surface area contributed by atoms with Crippen LogP contribution >= 0.6 is 0 Å². The van der Waals surface area contributed by atoms with Gasteiger partial charge < -0.3 is 10.1 Å². The summed E-state index contributed by atoms with van der Waals surface area (Å²) >= 11 is 0. The van der Waals surface area contributed by atoms with Crippen LogP contribution in [0.4, 0.5) is 5.69 Å². The largest absolute Gasteiger partial charge is 0.497 e. The summed E-state index contributed by atoms with van der Waals surface area (Å²) in [6.07, 6.45) is 1.00. The van der Waals surface area contributed by atoms with Crippen molar-refractivity contribution in [3.63, 3.8) is 0 Å². The Morgan fingerprint density at radius 3 is 2.81 bits per heavy atom. The Labute approximate surface area is 158 Å². The minimum atomic E-state index is -0.194. The molecule has 0 radical (unpaired) electrons. The van der Waals surface area contributed by atoms with Gasteiger partial charge in [-0.05, 0) is 41.3 Å². The number of carbonyl (C=O) groups excluding carboxylic acids is 1. The first-order valence-corrected chi connectivity index (χ1v) is 8.91. The van der Waals surface area contributed by atoms with Crippen LogP contribution in [0.3, 0.4) is 0 Å². The zero-order chi connectivity index (χ0) is 19.2. The number of tetrazole rings is 1. The van der Waals surface area contributed by atoms with Gasteiger partial charge in [-0.1, -0.05) is 44.2 Å². The van der Waals surface area contributed by atoms with Crippen molar-refractivity contribution < 1.29 is 9.53 Å². The Hall–Kier alpha value is -3.22. The first kappa shape index (κ1) is 18.6. The van der Waals surface area contributed by atoms with Crippen LogP contribution in [0.5, 0.6) is 5.75 Å². The van der Waals surface area contributed by atoms with Crippen LogP contribution in [0.25, 0.3) is 11.4 Å². The molecule has 0 aliphatic rings. The molecule has 2 aromatic carbocycles. The van der Waals surface area contributed by atoms with Crippen LogP contribution in [0.2, 0.25) is 0 Å². The summed E-state index contributed by atoms with van der Waals surface area (Å²) in [5, 5.41) is 15.2. The van der Waals surface area contributed by atoms with E-state index in [9.17, 15) is 4.79 Å². The molecule has 7 heteroatoms. The number of amides is 1. The maximum Gasteiger partial charge on any atom is 0.248 e. The second-order valence-corrected chi connectivity index (χ2v) is 6.32. The molecule has 0 unspecified atom stereocenters. The molecule has 27 heavy (non-hydrogen) atoms. The monoisotopic (exact) mass is 365 g/mol. The van der Waals surface area contributed by atoms with Gasteiger partial charge in [0.2, 0.25) is 11.7 Å². The molecule has 0 bridgehead atoms. The van der Waals surface area contributed by atoms with Gasteiger partial charge in [0.1, 0.15) is 12.3 Å². The molecule has 1 heterocycles. The van der Waals surface area contributed by atoms with Gasteiger partial charge >= 0.3 is 0 Å². The second-order valence-electron chi connectivity index (χ2n) is 6.32. The first-order valence-electron chi connectivity index (χ1n) is 8.91. The molecule has 1 N–H and O–H groups in total. The number of nitrogens with zero attached hydrogens (tertiary/aromatic N) is 4. The van der Waals surface area contributed by atoms with Crippen LogP contribution in [-0.2, 0) is 11.3 Å². The summed E-state index contributed by atoms with van der Waals surface area (Å²) in [6.45, 7) is 4.26. The van der Waals surface area contributed by atoms with E-state index >= 15 is 0 Å². The molecule has 0 fully saturated rings. The summed E-state index contributed by atoms with van der Waals surface area (Å²) in [7, 11) is 1.60. The van der Waals surface area contributed by atoms with Gasteiger partial charge in [-0.25, -0.2) is 0 Å². The third kappa shape index (κ3) is 4.49. The van der Waals surface area contributed by atoms with E-state index in [2.05, 4.69) is 34.6 Å². The third-order valence-electron chi connectivity index (χ3n) is 4.44. The van der Waals surface area contributed by atoms with Crippen molar-refractivity contribution in [1.29, 1.82) is 0 Å². The summed E-state index contributed by atoms with van der Waals surface area (Å²) in [6, 6.07) is 15.2. The summed E-state index contributed by atoms with van der Waals surface area (Å²) in [5.41, 5.74) is 2.73. The van der Waals surface area contributed by atoms with Crippen LogP contribution < -0.4 is 10.1 Å². The SMILES string of the molecule is CC[C@H](C)c1ccccc1NC(=O)Cn1nnc(-c2cccc(OC)c2)n1. The molecule has 1 aromatic heterocycles. The standard InChI is InChI=1S/C20H23N5O2/c1-4-14(2)17-10-5-6-11-18(17)21-19(26)13-25-23-20(22-24-25)15-8-7-9-16(12-15)27-3/h5-12,14H,4,13H2,1-3H3,(H,21,26)/t14-/m0/s1. The fourth-order valence-electron chi connectivity index (χ4n) is 2.77. The normalized spacial score (nSPS) is 11.8. The van der Waals surface area contributed by atoms with Crippen molar-refractivity contribution in [2.45, 2.75) is 32.7 Å². The van der Waals surface area contributed by atoms with E-state index in [-0.39, 0.29) is 12.5 Å². The Morgan fingerprint density at radius 1 is 1.22 bits per heavy atom. The number of aromatic nitrogens is 4. The Morgan fingerprint density at radius 2 is 2.04 bits per heavy atom. The predicted molar refractivity (Wildman–Crippen MR) is 104 cm³/mol. The van der Waals surface area contributed by atoms with Gasteiger partial charge in [-0.2, -0.15) is 4.80 Å². The maximum atomic E-state index is 12.4. The zero-order valence-corrected chi connectivity index (χ0v) is 15.7. The van der Waals surface area contributed by atoms with E-state index < -0.39 is 0 Å². The highest BCUT2D eigenvalue weighted by Gasteiger charge is 2.13. The number of anilines is 1. The molecule has 0 saturated carbocycles. The van der Waals surface area contributed by atoms with Crippen molar-refractivity contribution in [1.82, 2.24) is 20.2 Å². The van der Waals surface area contributed by atoms with Crippen molar-refractivity contribution in [2.75, 3.05) is 12.4 Å². The molecule has 0 aliphatic carbocycles. The van der Waals surface area contributed by atoms with E-state index in [1.165, 1.54) is 4.80 Å². The second kappa shape index (κ2) is 8.44. The van der Waals surface area contributed by atoms with Crippen LogP contribution in [0.1, 0.15) is 31.7 Å². The van der Waals surface area contributed by atoms with Gasteiger partial charge in [0.25, 0.3) is 0 Å². The maximum absolute atomic E-state index is 12.4. The molecule has 7 nitrogen and oxygen atoms in total. The summed E-state index contributed by atoms with van der Waals surface area (Å²) < 4.78 is 5.21. The van der Waals surface area contributed by atoms with Crippen LogP contribution in [0, 0.1) is 0 Å². The van der Waals surface area contributed by atoms with E-state index in [1.807, 2.05) is 48.5 Å². The lowest BCUT2D eigenvalue weighted by atomic mass is 9.97. The van der Waals surface area contributed by atoms with E-state index in [0.29, 0.717) is 17.5 Å². The average molecular weight is 365 g/mol. The van der Waals surface area contributed by atoms with Crippen LogP contribution in [0.15, 0.2) is 48.5 Å². The number of methoxy groups -OCH3 is 1. The molecule has 3 aromatic rings. The molecule has 1 atom stereocenters. The predicted octanol–water partition coefficient (Wildman–Crippen LogP) is 3.50. The number of hydrogen-bond donors (Lipinski definition) is 1. The van der Waals surface area contributed by atoms with Gasteiger partial charge in [0.05, 0.1) is 7.11 Å². The van der Waals surface area contributed by atoms with E-state index in [0.717, 1.165) is 23.2 Å². The average Bonchev–Trinajstić information content (AvgIpc) is 3.16. The van der Waals surface area contributed by atoms with Crippen LogP contribution in [-0.4, -0.2) is 33.2 Å². The zero-order valence-electron chi connectivity index (χ0n) is 15.7. The number of carbonyl (C=O) groups is 1. The molecule has 3 rings (SSSR count). The summed E-state index contributed by atoms with van der Waals surface area (Å²) in [5.74, 6) is 1.33. The minimum absolute atomic E-state index is 0.00813. The molecule has 0 spiro atoms.